The summed E-state index contributed by atoms with van der Waals surface area (Å²) in [7, 11) is 1.72. The number of nitrogens with zero attached hydrogens (tertiary/aromatic N) is 2. The van der Waals surface area contributed by atoms with Gasteiger partial charge in [0.1, 0.15) is 0 Å². The molecule has 10 heteroatoms. The van der Waals surface area contributed by atoms with Crippen LogP contribution >= 0.6 is 12.2 Å². The van der Waals surface area contributed by atoms with Crippen LogP contribution in [0.1, 0.15) is 21.7 Å². The predicted octanol–water partition coefficient (Wildman–Crippen LogP) is 4.17. The van der Waals surface area contributed by atoms with Crippen LogP contribution in [-0.4, -0.2) is 20.7 Å². The van der Waals surface area contributed by atoms with E-state index in [0.29, 0.717) is 16.3 Å². The molecule has 0 fully saturated rings. The summed E-state index contributed by atoms with van der Waals surface area (Å²) in [5.74, 6) is 0.144. The standard InChI is InChI=1S/C18H16F3N5OS/c1-26-15(24-25-17(26)28)10-22-16(27)13-7-2-3-8-14(13)23-12-6-4-5-11(9-12)18(19,20)21/h2-9,23H,10H2,1H3,(H,22,27)(H,25,28). The Balaban J connectivity index is 1.78. The average molecular weight is 407 g/mol. The largest absolute Gasteiger partial charge is 0.416 e. The van der Waals surface area contributed by atoms with E-state index in [2.05, 4.69) is 20.8 Å². The van der Waals surface area contributed by atoms with Crippen molar-refractivity contribution in [2.24, 2.45) is 7.05 Å². The Labute approximate surface area is 163 Å². The van der Waals surface area contributed by atoms with Crippen molar-refractivity contribution in [2.75, 3.05) is 5.32 Å². The van der Waals surface area contributed by atoms with Gasteiger partial charge in [0.25, 0.3) is 5.91 Å². The number of H-pyrrole nitrogens is 1. The Hall–Kier alpha value is -3.14. The summed E-state index contributed by atoms with van der Waals surface area (Å²) in [5.41, 5.74) is 0.126. The molecule has 0 bridgehead atoms. The van der Waals surface area contributed by atoms with Crippen LogP contribution < -0.4 is 10.6 Å². The Morgan fingerprint density at radius 2 is 1.96 bits per heavy atom. The number of amides is 1. The lowest BCUT2D eigenvalue weighted by molar-refractivity contribution is -0.137. The lowest BCUT2D eigenvalue weighted by Crippen LogP contribution is -2.25. The Kier molecular flexibility index (Phi) is 5.50. The summed E-state index contributed by atoms with van der Waals surface area (Å²) in [4.78, 5) is 12.6. The van der Waals surface area contributed by atoms with Crippen molar-refractivity contribution in [1.82, 2.24) is 20.1 Å². The Bertz CT molecular complexity index is 1060. The number of anilines is 2. The highest BCUT2D eigenvalue weighted by Crippen LogP contribution is 2.31. The molecule has 0 spiro atoms. The number of benzene rings is 2. The second kappa shape index (κ2) is 7.85. The first-order valence-electron chi connectivity index (χ1n) is 8.17. The summed E-state index contributed by atoms with van der Waals surface area (Å²) in [6.45, 7) is 0.139. The van der Waals surface area contributed by atoms with Crippen LogP contribution in [0.15, 0.2) is 48.5 Å². The Morgan fingerprint density at radius 3 is 2.64 bits per heavy atom. The summed E-state index contributed by atoms with van der Waals surface area (Å²) in [6, 6.07) is 11.3. The minimum atomic E-state index is -4.45. The first-order valence-corrected chi connectivity index (χ1v) is 8.58. The monoisotopic (exact) mass is 407 g/mol. The number of carbonyl (C=O) groups excluding carboxylic acids is 1. The predicted molar refractivity (Wildman–Crippen MR) is 101 cm³/mol. The van der Waals surface area contributed by atoms with Crippen LogP contribution in [0.5, 0.6) is 0 Å². The molecule has 1 aromatic heterocycles. The van der Waals surface area contributed by atoms with Gasteiger partial charge in [-0.1, -0.05) is 18.2 Å². The van der Waals surface area contributed by atoms with Crippen LogP contribution in [0.3, 0.4) is 0 Å². The van der Waals surface area contributed by atoms with E-state index in [4.69, 9.17) is 12.2 Å². The van der Waals surface area contributed by atoms with Gasteiger partial charge >= 0.3 is 6.18 Å². The molecule has 0 aliphatic carbocycles. The van der Waals surface area contributed by atoms with E-state index in [1.807, 2.05) is 0 Å². The van der Waals surface area contributed by atoms with Gasteiger partial charge in [-0.2, -0.15) is 18.3 Å². The lowest BCUT2D eigenvalue weighted by Gasteiger charge is -2.14. The van der Waals surface area contributed by atoms with Crippen molar-refractivity contribution in [1.29, 1.82) is 0 Å². The fraction of sp³-hybridized carbons (Fsp3) is 0.167. The molecular formula is C18H16F3N5OS. The molecule has 1 amide bonds. The molecule has 0 saturated carbocycles. The average Bonchev–Trinajstić information content (AvgIpc) is 2.98. The topological polar surface area (TPSA) is 74.7 Å². The van der Waals surface area contributed by atoms with E-state index in [0.717, 1.165) is 12.1 Å². The maximum atomic E-state index is 12.9. The van der Waals surface area contributed by atoms with Crippen molar-refractivity contribution in [3.63, 3.8) is 0 Å². The number of para-hydroxylation sites is 1. The van der Waals surface area contributed by atoms with E-state index >= 15 is 0 Å². The summed E-state index contributed by atoms with van der Waals surface area (Å²) >= 11 is 5.02. The van der Waals surface area contributed by atoms with Gasteiger partial charge in [0.15, 0.2) is 10.6 Å². The lowest BCUT2D eigenvalue weighted by atomic mass is 10.1. The molecular weight excluding hydrogens is 391 g/mol. The van der Waals surface area contributed by atoms with Crippen LogP contribution in [0.4, 0.5) is 24.5 Å². The smallest absolute Gasteiger partial charge is 0.355 e. The molecule has 0 aliphatic rings. The highest BCUT2D eigenvalue weighted by atomic mass is 32.1. The van der Waals surface area contributed by atoms with Crippen molar-refractivity contribution < 1.29 is 18.0 Å². The van der Waals surface area contributed by atoms with Crippen LogP contribution in [0.2, 0.25) is 0 Å². The first kappa shape index (κ1) is 19.6. The van der Waals surface area contributed by atoms with Crippen LogP contribution in [0, 0.1) is 4.77 Å². The molecule has 3 N–H and O–H groups in total. The molecule has 2 aromatic carbocycles. The van der Waals surface area contributed by atoms with E-state index in [9.17, 15) is 18.0 Å². The second-order valence-electron chi connectivity index (χ2n) is 5.94. The number of hydrogen-bond acceptors (Lipinski definition) is 4. The van der Waals surface area contributed by atoms with E-state index < -0.39 is 17.6 Å². The van der Waals surface area contributed by atoms with Gasteiger partial charge in [0.2, 0.25) is 0 Å². The third-order valence-electron chi connectivity index (χ3n) is 4.02. The zero-order valence-corrected chi connectivity index (χ0v) is 15.5. The van der Waals surface area contributed by atoms with Gasteiger partial charge in [-0.3, -0.25) is 9.89 Å². The van der Waals surface area contributed by atoms with Crippen LogP contribution in [0.25, 0.3) is 0 Å². The third-order valence-corrected chi connectivity index (χ3v) is 4.39. The molecule has 146 valence electrons. The highest BCUT2D eigenvalue weighted by Gasteiger charge is 2.30. The minimum Gasteiger partial charge on any atom is -0.355 e. The zero-order valence-electron chi connectivity index (χ0n) is 14.7. The molecule has 28 heavy (non-hydrogen) atoms. The molecule has 0 aliphatic heterocycles. The third kappa shape index (κ3) is 4.39. The number of aromatic amines is 1. The fourth-order valence-corrected chi connectivity index (χ4v) is 2.66. The number of alkyl halides is 3. The van der Waals surface area contributed by atoms with Crippen molar-refractivity contribution in [3.05, 3.63) is 70.3 Å². The fourth-order valence-electron chi connectivity index (χ4n) is 2.51. The number of hydrogen-bond donors (Lipinski definition) is 3. The van der Waals surface area contributed by atoms with Gasteiger partial charge in [0.05, 0.1) is 23.4 Å². The summed E-state index contributed by atoms with van der Waals surface area (Å²) in [5, 5.41) is 12.2. The molecule has 3 rings (SSSR count). The summed E-state index contributed by atoms with van der Waals surface area (Å²) < 4.78 is 40.8. The van der Waals surface area contributed by atoms with Gasteiger partial charge in [-0.25, -0.2) is 0 Å². The minimum absolute atomic E-state index is 0.139. The Morgan fingerprint density at radius 1 is 1.21 bits per heavy atom. The summed E-state index contributed by atoms with van der Waals surface area (Å²) in [6.07, 6.45) is -4.45. The maximum absolute atomic E-state index is 12.9. The van der Waals surface area contributed by atoms with Gasteiger partial charge in [-0.15, -0.1) is 0 Å². The number of carbonyl (C=O) groups is 1. The first-order chi connectivity index (χ1) is 13.3. The van der Waals surface area contributed by atoms with Gasteiger partial charge in [-0.05, 0) is 42.5 Å². The van der Waals surface area contributed by atoms with Gasteiger partial charge < -0.3 is 15.2 Å². The molecule has 0 atom stereocenters. The molecule has 0 radical (unpaired) electrons. The number of nitrogens with one attached hydrogen (secondary N) is 3. The number of aromatic nitrogens is 3. The van der Waals surface area contributed by atoms with E-state index in [1.165, 1.54) is 12.1 Å². The van der Waals surface area contributed by atoms with Gasteiger partial charge in [0, 0.05) is 12.7 Å². The quantitative estimate of drug-likeness (QED) is 0.555. The maximum Gasteiger partial charge on any atom is 0.416 e. The molecule has 0 unspecified atom stereocenters. The normalized spacial score (nSPS) is 11.3. The van der Waals surface area contributed by atoms with E-state index in [1.54, 1.807) is 35.9 Å². The molecule has 3 aromatic rings. The highest BCUT2D eigenvalue weighted by molar-refractivity contribution is 7.71. The molecule has 1 heterocycles. The molecule has 0 saturated heterocycles. The second-order valence-corrected chi connectivity index (χ2v) is 6.32. The molecule has 6 nitrogen and oxygen atoms in total. The number of halogens is 3. The van der Waals surface area contributed by atoms with Crippen LogP contribution in [-0.2, 0) is 19.8 Å². The van der Waals surface area contributed by atoms with Crippen molar-refractivity contribution >= 4 is 29.5 Å². The van der Waals surface area contributed by atoms with E-state index in [-0.39, 0.29) is 17.8 Å². The van der Waals surface area contributed by atoms with Crippen molar-refractivity contribution in [2.45, 2.75) is 12.7 Å². The number of rotatable bonds is 5. The SMILES string of the molecule is Cn1c(CNC(=O)c2ccccc2Nc2cccc(C(F)(F)F)c2)n[nH]c1=S. The zero-order chi connectivity index (χ0) is 20.3. The van der Waals surface area contributed by atoms with Crippen molar-refractivity contribution in [3.8, 4) is 0 Å².